The van der Waals surface area contributed by atoms with Gasteiger partial charge in [-0.2, -0.15) is 5.26 Å². The molecular weight excluding hydrogens is 364 g/mol. The first-order valence-electron chi connectivity index (χ1n) is 8.07. The summed E-state index contributed by atoms with van der Waals surface area (Å²) in [6, 6.07) is 12.3. The van der Waals surface area contributed by atoms with E-state index >= 15 is 0 Å². The normalized spacial score (nSPS) is 10.7. The SMILES string of the molecule is C=CCc1cc(/C=C(\C#N)C(=O)Nc2ccccc2Cl)cc(OC)c1OC. The number of nitriles is 1. The summed E-state index contributed by atoms with van der Waals surface area (Å²) in [4.78, 5) is 12.5. The van der Waals surface area contributed by atoms with Crippen LogP contribution in [0.2, 0.25) is 5.02 Å². The standard InChI is InChI=1S/C21H19ClN2O3/c1-4-7-15-10-14(12-19(26-2)20(15)27-3)11-16(13-23)21(25)24-18-9-6-5-8-17(18)22/h4-6,8-12H,1,7H2,2-3H3,(H,24,25)/b16-11+. The minimum Gasteiger partial charge on any atom is -0.493 e. The Labute approximate surface area is 163 Å². The Bertz CT molecular complexity index is 930. The van der Waals surface area contributed by atoms with Crippen molar-refractivity contribution in [2.24, 2.45) is 0 Å². The summed E-state index contributed by atoms with van der Waals surface area (Å²) in [5.74, 6) is 0.547. The molecule has 0 aliphatic rings. The summed E-state index contributed by atoms with van der Waals surface area (Å²) in [5.41, 5.74) is 1.84. The number of allylic oxidation sites excluding steroid dienone is 1. The van der Waals surface area contributed by atoms with Gasteiger partial charge in [-0.3, -0.25) is 4.79 Å². The molecule has 138 valence electrons. The summed E-state index contributed by atoms with van der Waals surface area (Å²) < 4.78 is 10.8. The lowest BCUT2D eigenvalue weighted by Gasteiger charge is -2.13. The average molecular weight is 383 g/mol. The number of nitrogens with zero attached hydrogens (tertiary/aromatic N) is 1. The largest absolute Gasteiger partial charge is 0.493 e. The first-order chi connectivity index (χ1) is 13.0. The summed E-state index contributed by atoms with van der Waals surface area (Å²) in [6.07, 6.45) is 3.77. The Morgan fingerprint density at radius 1 is 1.30 bits per heavy atom. The molecule has 0 saturated heterocycles. The van der Waals surface area contributed by atoms with Crippen LogP contribution in [0.25, 0.3) is 6.08 Å². The predicted molar refractivity (Wildman–Crippen MR) is 107 cm³/mol. The van der Waals surface area contributed by atoms with E-state index in [1.807, 2.05) is 12.1 Å². The number of methoxy groups -OCH3 is 2. The maximum Gasteiger partial charge on any atom is 0.266 e. The number of ether oxygens (including phenoxy) is 2. The van der Waals surface area contributed by atoms with Crippen LogP contribution in [0.4, 0.5) is 5.69 Å². The lowest BCUT2D eigenvalue weighted by molar-refractivity contribution is -0.112. The third kappa shape index (κ3) is 4.90. The molecule has 2 aromatic rings. The van der Waals surface area contributed by atoms with E-state index in [1.165, 1.54) is 13.2 Å². The van der Waals surface area contributed by atoms with Crippen LogP contribution in [0.5, 0.6) is 11.5 Å². The molecule has 0 atom stereocenters. The summed E-state index contributed by atoms with van der Waals surface area (Å²) in [7, 11) is 3.08. The maximum atomic E-state index is 12.5. The number of hydrogen-bond acceptors (Lipinski definition) is 4. The van der Waals surface area contributed by atoms with Gasteiger partial charge in [0.2, 0.25) is 0 Å². The molecule has 27 heavy (non-hydrogen) atoms. The highest BCUT2D eigenvalue weighted by atomic mass is 35.5. The topological polar surface area (TPSA) is 71.4 Å². The summed E-state index contributed by atoms with van der Waals surface area (Å²) in [5, 5.41) is 12.5. The highest BCUT2D eigenvalue weighted by molar-refractivity contribution is 6.34. The predicted octanol–water partition coefficient (Wildman–Crippen LogP) is 4.63. The van der Waals surface area contributed by atoms with Crippen LogP contribution in [0, 0.1) is 11.3 Å². The van der Waals surface area contributed by atoms with E-state index in [-0.39, 0.29) is 5.57 Å². The zero-order valence-corrected chi connectivity index (χ0v) is 15.8. The Kier molecular flexibility index (Phi) is 7.04. The van der Waals surface area contributed by atoms with E-state index < -0.39 is 5.91 Å². The molecule has 1 N–H and O–H groups in total. The number of carbonyl (C=O) groups excluding carboxylic acids is 1. The molecule has 0 aliphatic carbocycles. The number of halogens is 1. The Morgan fingerprint density at radius 2 is 2.04 bits per heavy atom. The van der Waals surface area contributed by atoms with Crippen LogP contribution in [-0.4, -0.2) is 20.1 Å². The van der Waals surface area contributed by atoms with E-state index in [1.54, 1.807) is 43.5 Å². The Hall–Kier alpha value is -3.23. The van der Waals surface area contributed by atoms with Crippen molar-refractivity contribution >= 4 is 29.3 Å². The summed E-state index contributed by atoms with van der Waals surface area (Å²) >= 11 is 6.05. The van der Waals surface area contributed by atoms with E-state index in [0.717, 1.165) is 5.56 Å². The molecule has 0 saturated carbocycles. The van der Waals surface area contributed by atoms with Gasteiger partial charge in [0.25, 0.3) is 5.91 Å². The lowest BCUT2D eigenvalue weighted by atomic mass is 10.0. The van der Waals surface area contributed by atoms with Crippen molar-refractivity contribution in [1.82, 2.24) is 0 Å². The second kappa shape index (κ2) is 9.46. The number of hydrogen-bond donors (Lipinski definition) is 1. The van der Waals surface area contributed by atoms with Gasteiger partial charge in [0.1, 0.15) is 11.6 Å². The van der Waals surface area contributed by atoms with E-state index in [9.17, 15) is 10.1 Å². The maximum absolute atomic E-state index is 12.5. The molecule has 0 fully saturated rings. The molecule has 0 aromatic heterocycles. The number of benzene rings is 2. The zero-order valence-electron chi connectivity index (χ0n) is 15.1. The molecule has 0 unspecified atom stereocenters. The number of carbonyl (C=O) groups is 1. The van der Waals surface area contributed by atoms with E-state index in [4.69, 9.17) is 21.1 Å². The Morgan fingerprint density at radius 3 is 2.63 bits per heavy atom. The number of para-hydroxylation sites is 1. The van der Waals surface area contributed by atoms with Crippen molar-refractivity contribution in [3.8, 4) is 17.6 Å². The van der Waals surface area contributed by atoms with Crippen molar-refractivity contribution in [3.05, 3.63) is 70.8 Å². The fourth-order valence-corrected chi connectivity index (χ4v) is 2.71. The number of anilines is 1. The molecule has 0 heterocycles. The number of nitrogens with one attached hydrogen (secondary N) is 1. The average Bonchev–Trinajstić information content (AvgIpc) is 2.67. The Balaban J connectivity index is 2.40. The van der Waals surface area contributed by atoms with Crippen LogP contribution >= 0.6 is 11.6 Å². The fraction of sp³-hybridized carbons (Fsp3) is 0.143. The third-order valence-corrected chi connectivity index (χ3v) is 4.07. The van der Waals surface area contributed by atoms with Gasteiger partial charge in [-0.25, -0.2) is 0 Å². The van der Waals surface area contributed by atoms with Crippen LogP contribution < -0.4 is 14.8 Å². The molecule has 2 rings (SSSR count). The molecule has 6 heteroatoms. The van der Waals surface area contributed by atoms with Gasteiger partial charge in [0, 0.05) is 5.56 Å². The van der Waals surface area contributed by atoms with Crippen molar-refractivity contribution < 1.29 is 14.3 Å². The lowest BCUT2D eigenvalue weighted by Crippen LogP contribution is -2.13. The minimum atomic E-state index is -0.550. The minimum absolute atomic E-state index is 0.0632. The fourth-order valence-electron chi connectivity index (χ4n) is 2.52. The van der Waals surface area contributed by atoms with Gasteiger partial charge in [0.15, 0.2) is 11.5 Å². The van der Waals surface area contributed by atoms with Crippen molar-refractivity contribution in [2.75, 3.05) is 19.5 Å². The molecule has 0 aliphatic heterocycles. The van der Waals surface area contributed by atoms with Crippen molar-refractivity contribution in [2.45, 2.75) is 6.42 Å². The van der Waals surface area contributed by atoms with Crippen LogP contribution in [0.1, 0.15) is 11.1 Å². The van der Waals surface area contributed by atoms with Gasteiger partial charge in [-0.15, -0.1) is 6.58 Å². The van der Waals surface area contributed by atoms with Gasteiger partial charge in [-0.05, 0) is 42.3 Å². The highest BCUT2D eigenvalue weighted by Gasteiger charge is 2.14. The van der Waals surface area contributed by atoms with Gasteiger partial charge in [-0.1, -0.05) is 29.8 Å². The molecular formula is C21H19ClN2O3. The second-order valence-corrected chi connectivity index (χ2v) is 5.92. The van der Waals surface area contributed by atoms with Gasteiger partial charge in [0.05, 0.1) is 24.9 Å². The number of amides is 1. The molecule has 2 aromatic carbocycles. The first-order valence-corrected chi connectivity index (χ1v) is 8.45. The van der Waals surface area contributed by atoms with Crippen molar-refractivity contribution in [1.29, 1.82) is 5.26 Å². The third-order valence-electron chi connectivity index (χ3n) is 3.74. The van der Waals surface area contributed by atoms with Gasteiger partial charge >= 0.3 is 0 Å². The first kappa shape index (κ1) is 20.1. The molecule has 0 spiro atoms. The molecule has 1 amide bonds. The van der Waals surface area contributed by atoms with Crippen molar-refractivity contribution in [3.63, 3.8) is 0 Å². The second-order valence-electron chi connectivity index (χ2n) is 5.51. The number of rotatable bonds is 7. The molecule has 5 nitrogen and oxygen atoms in total. The van der Waals surface area contributed by atoms with Crippen LogP contribution in [-0.2, 0) is 11.2 Å². The smallest absolute Gasteiger partial charge is 0.266 e. The van der Waals surface area contributed by atoms with E-state index in [2.05, 4.69) is 11.9 Å². The van der Waals surface area contributed by atoms with E-state index in [0.29, 0.717) is 34.2 Å². The molecule has 0 bridgehead atoms. The summed E-state index contributed by atoms with van der Waals surface area (Å²) in [6.45, 7) is 3.74. The van der Waals surface area contributed by atoms with Gasteiger partial charge < -0.3 is 14.8 Å². The monoisotopic (exact) mass is 382 g/mol. The zero-order chi connectivity index (χ0) is 19.8. The quantitative estimate of drug-likeness (QED) is 0.430. The molecule has 0 radical (unpaired) electrons. The van der Waals surface area contributed by atoms with Crippen LogP contribution in [0.15, 0.2) is 54.6 Å². The highest BCUT2D eigenvalue weighted by Crippen LogP contribution is 2.34. The van der Waals surface area contributed by atoms with Crippen LogP contribution in [0.3, 0.4) is 0 Å².